The molecule has 0 saturated carbocycles. The highest BCUT2D eigenvalue weighted by Gasteiger charge is 2.41. The van der Waals surface area contributed by atoms with Gasteiger partial charge in [-0.2, -0.15) is 0 Å². The first-order valence-corrected chi connectivity index (χ1v) is 9.24. The van der Waals surface area contributed by atoms with Crippen molar-refractivity contribution in [3.8, 4) is 0 Å². The maximum atomic E-state index is 11.7. The van der Waals surface area contributed by atoms with E-state index in [0.717, 1.165) is 33.1 Å². The molecule has 4 nitrogen and oxygen atoms in total. The molecule has 2 unspecified atom stereocenters. The van der Waals surface area contributed by atoms with E-state index in [2.05, 4.69) is 52.5 Å². The highest BCUT2D eigenvalue weighted by Crippen LogP contribution is 2.53. The van der Waals surface area contributed by atoms with E-state index in [-0.39, 0.29) is 22.6 Å². The lowest BCUT2D eigenvalue weighted by Crippen LogP contribution is -2.30. The Morgan fingerprint density at radius 2 is 2.08 bits per heavy atom. The number of nitro groups is 1. The molecule has 0 amide bonds. The van der Waals surface area contributed by atoms with Crippen molar-refractivity contribution in [3.05, 3.63) is 79.3 Å². The minimum Gasteiger partial charge on any atom is -0.372 e. The van der Waals surface area contributed by atoms with E-state index in [1.54, 1.807) is 6.07 Å². The molecule has 4 rings (SSSR count). The van der Waals surface area contributed by atoms with Gasteiger partial charge in [0.05, 0.1) is 11.0 Å². The Balaban J connectivity index is 1.92. The van der Waals surface area contributed by atoms with Crippen LogP contribution in [0, 0.1) is 29.9 Å². The topological polar surface area (TPSA) is 55.2 Å². The third-order valence-electron chi connectivity index (χ3n) is 5.55. The Morgan fingerprint density at radius 1 is 1.28 bits per heavy atom. The maximum Gasteiger partial charge on any atom is 0.292 e. The fourth-order valence-electron chi connectivity index (χ4n) is 4.25. The molecule has 0 fully saturated rings. The van der Waals surface area contributed by atoms with Crippen molar-refractivity contribution >= 4 is 27.3 Å². The average molecular weight is 399 g/mol. The molecule has 3 atom stereocenters. The first-order valence-electron chi connectivity index (χ1n) is 8.44. The van der Waals surface area contributed by atoms with Crippen molar-refractivity contribution in [1.29, 1.82) is 0 Å². The van der Waals surface area contributed by atoms with E-state index >= 15 is 0 Å². The molecular formula is C20H19BrN2O2. The van der Waals surface area contributed by atoms with Crippen LogP contribution in [0.4, 0.5) is 11.4 Å². The van der Waals surface area contributed by atoms with E-state index < -0.39 is 0 Å². The number of nitrogens with one attached hydrogen (secondary N) is 1. The van der Waals surface area contributed by atoms with Crippen molar-refractivity contribution < 1.29 is 4.92 Å². The van der Waals surface area contributed by atoms with E-state index in [4.69, 9.17) is 0 Å². The Morgan fingerprint density at radius 3 is 2.80 bits per heavy atom. The van der Waals surface area contributed by atoms with Gasteiger partial charge in [0.1, 0.15) is 5.69 Å². The second-order valence-corrected chi connectivity index (χ2v) is 7.83. The summed E-state index contributed by atoms with van der Waals surface area (Å²) in [7, 11) is 0. The van der Waals surface area contributed by atoms with Gasteiger partial charge in [0.2, 0.25) is 0 Å². The van der Waals surface area contributed by atoms with Crippen LogP contribution in [0.15, 0.2) is 47.0 Å². The fraction of sp³-hybridized carbons (Fsp3) is 0.300. The normalized spacial score (nSPS) is 23.7. The number of hydrogen-bond donors (Lipinski definition) is 1. The fourth-order valence-corrected chi connectivity index (χ4v) is 4.67. The summed E-state index contributed by atoms with van der Waals surface area (Å²) in [5.74, 6) is 0.598. The predicted molar refractivity (Wildman–Crippen MR) is 103 cm³/mol. The number of aryl methyl sites for hydroxylation is 1. The van der Waals surface area contributed by atoms with Crippen LogP contribution in [-0.2, 0) is 0 Å². The summed E-state index contributed by atoms with van der Waals surface area (Å²) in [6.45, 7) is 4.03. The molecule has 0 saturated heterocycles. The standard InChI is InChI=1S/C20H19BrN2O2/c1-11-9-17(23(24)25)20-18(12(11)2)15-7-4-8-16(15)19(22-20)13-5-3-6-14(21)10-13/h3-7,9-10,15-16,19,22H,8H2,1-2H3/t15?,16?,19-/m1/s1. The Kier molecular flexibility index (Phi) is 3.91. The van der Waals surface area contributed by atoms with Crippen LogP contribution in [0.25, 0.3) is 0 Å². The van der Waals surface area contributed by atoms with Gasteiger partial charge in [-0.3, -0.25) is 10.1 Å². The number of hydrogen-bond acceptors (Lipinski definition) is 3. The van der Waals surface area contributed by atoms with Crippen LogP contribution in [0.5, 0.6) is 0 Å². The van der Waals surface area contributed by atoms with Gasteiger partial charge in [-0.1, -0.05) is 40.2 Å². The number of nitro benzene ring substituents is 1. The monoisotopic (exact) mass is 398 g/mol. The lowest BCUT2D eigenvalue weighted by atomic mass is 9.74. The molecule has 0 radical (unpaired) electrons. The summed E-state index contributed by atoms with van der Waals surface area (Å²) in [4.78, 5) is 11.4. The smallest absolute Gasteiger partial charge is 0.292 e. The van der Waals surface area contributed by atoms with E-state index in [9.17, 15) is 10.1 Å². The summed E-state index contributed by atoms with van der Waals surface area (Å²) in [5.41, 5.74) is 5.25. The van der Waals surface area contributed by atoms with Gasteiger partial charge in [-0.25, -0.2) is 0 Å². The molecule has 0 aromatic heterocycles. The molecule has 2 aromatic carbocycles. The van der Waals surface area contributed by atoms with Gasteiger partial charge >= 0.3 is 0 Å². The average Bonchev–Trinajstić information content (AvgIpc) is 3.06. The first kappa shape index (κ1) is 16.3. The maximum absolute atomic E-state index is 11.7. The molecule has 2 aromatic rings. The SMILES string of the molecule is Cc1cc([N+](=O)[O-])c2c(c1C)C1C=CCC1[C@@H](c1cccc(Br)c1)N2. The van der Waals surface area contributed by atoms with Gasteiger partial charge in [0, 0.05) is 16.5 Å². The third kappa shape index (κ3) is 2.58. The lowest BCUT2D eigenvalue weighted by Gasteiger charge is -2.38. The zero-order valence-corrected chi connectivity index (χ0v) is 15.7. The molecule has 1 aliphatic carbocycles. The van der Waals surface area contributed by atoms with Crippen LogP contribution in [0.2, 0.25) is 0 Å². The summed E-state index contributed by atoms with van der Waals surface area (Å²) in [5, 5.41) is 15.2. The molecule has 128 valence electrons. The Labute approximate surface area is 155 Å². The van der Waals surface area contributed by atoms with Crippen LogP contribution in [0.3, 0.4) is 0 Å². The van der Waals surface area contributed by atoms with E-state index in [0.29, 0.717) is 11.6 Å². The number of nitrogens with zero attached hydrogens (tertiary/aromatic N) is 1. The van der Waals surface area contributed by atoms with Crippen molar-refractivity contribution in [2.45, 2.75) is 32.2 Å². The summed E-state index contributed by atoms with van der Waals surface area (Å²) in [6, 6.07) is 9.97. The molecule has 0 spiro atoms. The lowest BCUT2D eigenvalue weighted by molar-refractivity contribution is -0.384. The number of halogens is 1. The molecule has 1 aliphatic heterocycles. The van der Waals surface area contributed by atoms with Gasteiger partial charge in [0.15, 0.2) is 0 Å². The third-order valence-corrected chi connectivity index (χ3v) is 6.05. The summed E-state index contributed by atoms with van der Waals surface area (Å²) in [6.07, 6.45) is 5.42. The second-order valence-electron chi connectivity index (χ2n) is 6.91. The summed E-state index contributed by atoms with van der Waals surface area (Å²) < 4.78 is 1.02. The molecule has 25 heavy (non-hydrogen) atoms. The Hall–Kier alpha value is -2.14. The Bertz CT molecular complexity index is 907. The van der Waals surface area contributed by atoms with Gasteiger partial charge in [-0.05, 0) is 60.6 Å². The van der Waals surface area contributed by atoms with Crippen molar-refractivity contribution in [2.75, 3.05) is 5.32 Å². The van der Waals surface area contributed by atoms with Crippen molar-refractivity contribution in [3.63, 3.8) is 0 Å². The van der Waals surface area contributed by atoms with E-state index in [1.807, 2.05) is 19.1 Å². The zero-order chi connectivity index (χ0) is 17.7. The van der Waals surface area contributed by atoms with E-state index in [1.165, 1.54) is 0 Å². The number of anilines is 1. The van der Waals surface area contributed by atoms with Crippen LogP contribution >= 0.6 is 15.9 Å². The summed E-state index contributed by atoms with van der Waals surface area (Å²) >= 11 is 3.54. The number of allylic oxidation sites excluding steroid dienone is 2. The zero-order valence-electron chi connectivity index (χ0n) is 14.1. The molecule has 5 heteroatoms. The van der Waals surface area contributed by atoms with Gasteiger partial charge in [0.25, 0.3) is 5.69 Å². The van der Waals surface area contributed by atoms with Crippen molar-refractivity contribution in [2.24, 2.45) is 5.92 Å². The number of benzene rings is 2. The number of rotatable bonds is 2. The van der Waals surface area contributed by atoms with Gasteiger partial charge in [-0.15, -0.1) is 0 Å². The van der Waals surface area contributed by atoms with Crippen LogP contribution in [-0.4, -0.2) is 4.92 Å². The quantitative estimate of drug-likeness (QED) is 0.395. The second kappa shape index (κ2) is 5.99. The number of fused-ring (bicyclic) bond motifs is 3. The minimum absolute atomic E-state index is 0.0609. The van der Waals surface area contributed by atoms with Crippen molar-refractivity contribution in [1.82, 2.24) is 0 Å². The highest BCUT2D eigenvalue weighted by atomic mass is 79.9. The molecule has 2 aliphatic rings. The highest BCUT2D eigenvalue weighted by molar-refractivity contribution is 9.10. The largest absolute Gasteiger partial charge is 0.372 e. The molecule has 0 bridgehead atoms. The van der Waals surface area contributed by atoms with Gasteiger partial charge < -0.3 is 5.32 Å². The van der Waals surface area contributed by atoms with Crippen LogP contribution in [0.1, 0.15) is 40.6 Å². The minimum atomic E-state index is -0.269. The first-order chi connectivity index (χ1) is 12.0. The molecular weight excluding hydrogens is 380 g/mol. The molecule has 1 N–H and O–H groups in total. The van der Waals surface area contributed by atoms with Crippen LogP contribution < -0.4 is 5.32 Å². The molecule has 1 heterocycles. The predicted octanol–water partition coefficient (Wildman–Crippen LogP) is 5.80.